The van der Waals surface area contributed by atoms with Crippen molar-refractivity contribution in [2.75, 3.05) is 12.4 Å². The number of benzene rings is 3. The van der Waals surface area contributed by atoms with Crippen LogP contribution < -0.4 is 15.5 Å². The quantitative estimate of drug-likeness (QED) is 0.309. The van der Waals surface area contributed by atoms with Crippen LogP contribution in [0, 0.1) is 0 Å². The second kappa shape index (κ2) is 8.81. The van der Waals surface area contributed by atoms with Gasteiger partial charge in [0, 0.05) is 28.1 Å². The lowest BCUT2D eigenvalue weighted by molar-refractivity contribution is -0.115. The molecular formula is C24H21N3O5. The summed E-state index contributed by atoms with van der Waals surface area (Å²) in [7, 11) is 1.53. The second-order valence-electron chi connectivity index (χ2n) is 7.21. The molecular weight excluding hydrogens is 410 g/mol. The van der Waals surface area contributed by atoms with E-state index in [1.165, 1.54) is 19.2 Å². The molecule has 0 atom stereocenters. The summed E-state index contributed by atoms with van der Waals surface area (Å²) in [5, 5.41) is 18.1. The van der Waals surface area contributed by atoms with E-state index >= 15 is 0 Å². The molecule has 2 amide bonds. The number of rotatable bonds is 6. The maximum Gasteiger partial charge on any atom is 0.271 e. The minimum Gasteiger partial charge on any atom is -0.508 e. The Kier molecular flexibility index (Phi) is 5.76. The van der Waals surface area contributed by atoms with Crippen molar-refractivity contribution in [3.63, 3.8) is 0 Å². The van der Waals surface area contributed by atoms with Crippen LogP contribution in [0.2, 0.25) is 0 Å². The van der Waals surface area contributed by atoms with E-state index < -0.39 is 5.91 Å². The molecule has 0 radical (unpaired) electrons. The van der Waals surface area contributed by atoms with Crippen molar-refractivity contribution in [3.05, 3.63) is 66.2 Å². The van der Waals surface area contributed by atoms with Gasteiger partial charge in [-0.25, -0.2) is 5.43 Å². The maximum atomic E-state index is 12.5. The summed E-state index contributed by atoms with van der Waals surface area (Å²) in [6.45, 7) is 1.63. The average Bonchev–Trinajstić information content (AvgIpc) is 3.14. The second-order valence-corrected chi connectivity index (χ2v) is 7.21. The molecule has 0 aliphatic heterocycles. The smallest absolute Gasteiger partial charge is 0.271 e. The molecule has 1 heterocycles. The van der Waals surface area contributed by atoms with Crippen LogP contribution in [0.15, 0.2) is 70.2 Å². The third kappa shape index (κ3) is 4.39. The number of para-hydroxylation sites is 1. The van der Waals surface area contributed by atoms with Crippen molar-refractivity contribution < 1.29 is 23.8 Å². The number of hydrogen-bond acceptors (Lipinski definition) is 6. The fourth-order valence-electron chi connectivity index (χ4n) is 3.34. The zero-order chi connectivity index (χ0) is 22.7. The Bertz CT molecular complexity index is 1360. The molecule has 3 N–H and O–H groups in total. The van der Waals surface area contributed by atoms with Crippen molar-refractivity contribution in [3.8, 4) is 11.5 Å². The maximum absolute atomic E-state index is 12.5. The van der Waals surface area contributed by atoms with Crippen LogP contribution in [0.1, 0.15) is 23.7 Å². The van der Waals surface area contributed by atoms with E-state index in [0.717, 1.165) is 16.4 Å². The van der Waals surface area contributed by atoms with Crippen molar-refractivity contribution >= 4 is 45.2 Å². The number of hydrazone groups is 1. The molecule has 4 rings (SSSR count). The molecule has 8 nitrogen and oxygen atoms in total. The molecule has 8 heteroatoms. The van der Waals surface area contributed by atoms with E-state index in [4.69, 9.17) is 9.15 Å². The highest BCUT2D eigenvalue weighted by Crippen LogP contribution is 2.36. The highest BCUT2D eigenvalue weighted by atomic mass is 16.5. The van der Waals surface area contributed by atoms with E-state index in [0.29, 0.717) is 22.7 Å². The molecule has 162 valence electrons. The lowest BCUT2D eigenvalue weighted by Gasteiger charge is -2.10. The summed E-state index contributed by atoms with van der Waals surface area (Å²) >= 11 is 0. The standard InChI is InChI=1S/C24H21N3O5/c1-14(26-27-24(30)15-6-5-7-16(28)11-15)10-23(29)25-19-13-21-18(12-22(19)31-2)17-8-3-4-9-20(17)32-21/h3-9,11-13,28H,10H2,1-2H3,(H,25,29)(H,27,30)/b26-14-. The van der Waals surface area contributed by atoms with Crippen LogP contribution in [-0.4, -0.2) is 29.7 Å². The predicted octanol–water partition coefficient (Wildman–Crippen LogP) is 4.43. The fraction of sp³-hybridized carbons (Fsp3) is 0.125. The summed E-state index contributed by atoms with van der Waals surface area (Å²) in [5.41, 5.74) is 4.89. The molecule has 0 bridgehead atoms. The van der Waals surface area contributed by atoms with Gasteiger partial charge in [0.2, 0.25) is 5.91 Å². The van der Waals surface area contributed by atoms with Crippen molar-refractivity contribution in [1.82, 2.24) is 5.43 Å². The van der Waals surface area contributed by atoms with Gasteiger partial charge < -0.3 is 19.6 Å². The van der Waals surface area contributed by atoms with Gasteiger partial charge in [-0.15, -0.1) is 0 Å². The van der Waals surface area contributed by atoms with E-state index in [1.807, 2.05) is 30.3 Å². The van der Waals surface area contributed by atoms with Crippen LogP contribution in [0.4, 0.5) is 5.69 Å². The topological polar surface area (TPSA) is 113 Å². The van der Waals surface area contributed by atoms with Crippen LogP contribution in [0.25, 0.3) is 21.9 Å². The first kappa shape index (κ1) is 20.9. The first-order chi connectivity index (χ1) is 15.4. The summed E-state index contributed by atoms with van der Waals surface area (Å²) in [6, 6.07) is 17.1. The van der Waals surface area contributed by atoms with Crippen molar-refractivity contribution in [2.24, 2.45) is 5.10 Å². The van der Waals surface area contributed by atoms with Gasteiger partial charge in [-0.2, -0.15) is 5.10 Å². The summed E-state index contributed by atoms with van der Waals surface area (Å²) in [4.78, 5) is 24.6. The number of nitrogens with one attached hydrogen (secondary N) is 2. The number of phenolic OH excluding ortho intramolecular Hbond substituents is 1. The molecule has 0 aliphatic carbocycles. The summed E-state index contributed by atoms with van der Waals surface area (Å²) < 4.78 is 11.3. The number of methoxy groups -OCH3 is 1. The number of fused-ring (bicyclic) bond motifs is 3. The molecule has 32 heavy (non-hydrogen) atoms. The minimum atomic E-state index is -0.488. The largest absolute Gasteiger partial charge is 0.508 e. The molecule has 0 fully saturated rings. The van der Waals surface area contributed by atoms with Gasteiger partial charge in [0.15, 0.2) is 0 Å². The Morgan fingerprint density at radius 1 is 1.03 bits per heavy atom. The van der Waals surface area contributed by atoms with E-state index in [9.17, 15) is 14.7 Å². The number of amides is 2. The third-order valence-corrected chi connectivity index (χ3v) is 4.85. The summed E-state index contributed by atoms with van der Waals surface area (Å²) in [5.74, 6) is -0.332. The molecule has 0 spiro atoms. The number of anilines is 1. The van der Waals surface area contributed by atoms with Crippen LogP contribution in [0.5, 0.6) is 11.5 Å². The SMILES string of the molecule is COc1cc2c(cc1NC(=O)C/C(C)=N\NC(=O)c1cccc(O)c1)oc1ccccc12. The van der Waals surface area contributed by atoms with Gasteiger partial charge in [0.25, 0.3) is 5.91 Å². The van der Waals surface area contributed by atoms with Gasteiger partial charge in [-0.3, -0.25) is 9.59 Å². The van der Waals surface area contributed by atoms with Gasteiger partial charge >= 0.3 is 0 Å². The van der Waals surface area contributed by atoms with Crippen molar-refractivity contribution in [2.45, 2.75) is 13.3 Å². The van der Waals surface area contributed by atoms with Gasteiger partial charge in [-0.05, 0) is 37.3 Å². The molecule has 0 saturated heterocycles. The molecule has 0 aliphatic rings. The van der Waals surface area contributed by atoms with Crippen LogP contribution >= 0.6 is 0 Å². The zero-order valence-electron chi connectivity index (χ0n) is 17.5. The molecule has 3 aromatic carbocycles. The number of furan rings is 1. The molecule has 4 aromatic rings. The fourth-order valence-corrected chi connectivity index (χ4v) is 3.34. The Morgan fingerprint density at radius 3 is 2.62 bits per heavy atom. The van der Waals surface area contributed by atoms with Crippen molar-refractivity contribution in [1.29, 1.82) is 0 Å². The highest BCUT2D eigenvalue weighted by Gasteiger charge is 2.15. The number of aromatic hydroxyl groups is 1. The Labute approximate surface area is 183 Å². The Morgan fingerprint density at radius 2 is 1.84 bits per heavy atom. The zero-order valence-corrected chi connectivity index (χ0v) is 17.5. The van der Waals surface area contributed by atoms with E-state index in [2.05, 4.69) is 15.8 Å². The van der Waals surface area contributed by atoms with Crippen LogP contribution in [-0.2, 0) is 4.79 Å². The first-order valence-corrected chi connectivity index (χ1v) is 9.86. The normalized spacial score (nSPS) is 11.5. The van der Waals surface area contributed by atoms with Gasteiger partial charge in [-0.1, -0.05) is 24.3 Å². The van der Waals surface area contributed by atoms with Gasteiger partial charge in [0.05, 0.1) is 19.2 Å². The minimum absolute atomic E-state index is 0.0203. The average molecular weight is 431 g/mol. The third-order valence-electron chi connectivity index (χ3n) is 4.85. The monoisotopic (exact) mass is 431 g/mol. The molecule has 0 unspecified atom stereocenters. The van der Waals surface area contributed by atoms with Gasteiger partial charge in [0.1, 0.15) is 22.7 Å². The number of hydrogen-bond donors (Lipinski definition) is 3. The Hall–Kier alpha value is -4.33. The number of carbonyl (C=O) groups excluding carboxylic acids is 2. The van der Waals surface area contributed by atoms with E-state index in [-0.39, 0.29) is 23.6 Å². The number of ether oxygens (including phenoxy) is 1. The lowest BCUT2D eigenvalue weighted by atomic mass is 10.1. The highest BCUT2D eigenvalue weighted by molar-refractivity contribution is 6.10. The number of phenols is 1. The molecule has 1 aromatic heterocycles. The first-order valence-electron chi connectivity index (χ1n) is 9.86. The number of carbonyl (C=O) groups is 2. The Balaban J connectivity index is 1.46. The number of nitrogens with zero attached hydrogens (tertiary/aromatic N) is 1. The predicted molar refractivity (Wildman–Crippen MR) is 122 cm³/mol. The lowest BCUT2D eigenvalue weighted by Crippen LogP contribution is -2.21. The molecule has 0 saturated carbocycles. The van der Waals surface area contributed by atoms with E-state index in [1.54, 1.807) is 25.1 Å². The van der Waals surface area contributed by atoms with Crippen LogP contribution in [0.3, 0.4) is 0 Å². The summed E-state index contributed by atoms with van der Waals surface area (Å²) in [6.07, 6.45) is -0.0400.